The number of hydrogen-bond donors (Lipinski definition) is 1. The van der Waals surface area contributed by atoms with Crippen molar-refractivity contribution in [2.45, 2.75) is 19.3 Å². The van der Waals surface area contributed by atoms with Gasteiger partial charge in [-0.1, -0.05) is 6.42 Å². The number of nitrogens with two attached hydrogens (primary N) is 1. The van der Waals surface area contributed by atoms with Crippen molar-refractivity contribution in [2.75, 3.05) is 10.6 Å². The van der Waals surface area contributed by atoms with E-state index in [2.05, 4.69) is 0 Å². The number of imide groups is 1. The number of amides is 2. The van der Waals surface area contributed by atoms with Gasteiger partial charge in [-0.2, -0.15) is 0 Å². The highest BCUT2D eigenvalue weighted by atomic mass is 16.2. The molecule has 1 aromatic rings. The molecule has 2 amide bonds. The van der Waals surface area contributed by atoms with Gasteiger partial charge in [0.15, 0.2) is 0 Å². The molecule has 2 fully saturated rings. The van der Waals surface area contributed by atoms with E-state index < -0.39 is 0 Å². The van der Waals surface area contributed by atoms with E-state index in [0.29, 0.717) is 11.4 Å². The summed E-state index contributed by atoms with van der Waals surface area (Å²) in [5.74, 6) is -0.246. The van der Waals surface area contributed by atoms with Crippen molar-refractivity contribution in [3.8, 4) is 0 Å². The highest BCUT2D eigenvalue weighted by molar-refractivity contribution is 6.22. The third-order valence-electron chi connectivity index (χ3n) is 3.74. The summed E-state index contributed by atoms with van der Waals surface area (Å²) in [6, 6.07) is 6.88. The number of hydrogen-bond acceptors (Lipinski definition) is 3. The summed E-state index contributed by atoms with van der Waals surface area (Å²) in [4.78, 5) is 25.6. The highest BCUT2D eigenvalue weighted by Gasteiger charge is 2.50. The van der Waals surface area contributed by atoms with Gasteiger partial charge >= 0.3 is 0 Å². The fourth-order valence-electron chi connectivity index (χ4n) is 2.87. The molecule has 1 saturated carbocycles. The van der Waals surface area contributed by atoms with Gasteiger partial charge in [-0.3, -0.25) is 14.5 Å². The Morgan fingerprint density at radius 2 is 1.53 bits per heavy atom. The Morgan fingerprint density at radius 3 is 2.06 bits per heavy atom. The third kappa shape index (κ3) is 1.44. The summed E-state index contributed by atoms with van der Waals surface area (Å²) < 4.78 is 0. The van der Waals surface area contributed by atoms with Crippen LogP contribution in [0.4, 0.5) is 11.4 Å². The standard InChI is InChI=1S/C13H14N2O2/c14-8-4-6-9(7-5-8)15-12(16)10-2-1-3-11(10)13(15)17/h4-7,10-11H,1-3,14H2. The normalized spacial score (nSPS) is 27.6. The molecule has 1 aliphatic carbocycles. The fraction of sp³-hybridized carbons (Fsp3) is 0.385. The summed E-state index contributed by atoms with van der Waals surface area (Å²) in [5, 5.41) is 0. The first-order valence-electron chi connectivity index (χ1n) is 5.92. The van der Waals surface area contributed by atoms with E-state index in [1.165, 1.54) is 4.90 Å². The average molecular weight is 230 g/mol. The van der Waals surface area contributed by atoms with E-state index in [0.717, 1.165) is 19.3 Å². The van der Waals surface area contributed by atoms with Crippen LogP contribution in [0.1, 0.15) is 19.3 Å². The Kier molecular flexibility index (Phi) is 2.18. The van der Waals surface area contributed by atoms with Gasteiger partial charge in [0.1, 0.15) is 0 Å². The molecule has 3 rings (SSSR count). The van der Waals surface area contributed by atoms with Gasteiger partial charge in [-0.15, -0.1) is 0 Å². The zero-order valence-electron chi connectivity index (χ0n) is 9.43. The molecular weight excluding hydrogens is 216 g/mol. The number of carbonyl (C=O) groups excluding carboxylic acids is 2. The van der Waals surface area contributed by atoms with E-state index in [-0.39, 0.29) is 23.7 Å². The van der Waals surface area contributed by atoms with Gasteiger partial charge < -0.3 is 5.73 Å². The van der Waals surface area contributed by atoms with Gasteiger partial charge in [0, 0.05) is 5.69 Å². The minimum Gasteiger partial charge on any atom is -0.399 e. The van der Waals surface area contributed by atoms with Crippen molar-refractivity contribution >= 4 is 23.2 Å². The van der Waals surface area contributed by atoms with Crippen LogP contribution in [-0.4, -0.2) is 11.8 Å². The third-order valence-corrected chi connectivity index (χ3v) is 3.74. The van der Waals surface area contributed by atoms with Crippen LogP contribution in [0.15, 0.2) is 24.3 Å². The monoisotopic (exact) mass is 230 g/mol. The smallest absolute Gasteiger partial charge is 0.237 e. The first-order chi connectivity index (χ1) is 8.18. The van der Waals surface area contributed by atoms with Crippen molar-refractivity contribution in [1.82, 2.24) is 0 Å². The average Bonchev–Trinajstić information content (AvgIpc) is 2.87. The van der Waals surface area contributed by atoms with Crippen LogP contribution >= 0.6 is 0 Å². The highest BCUT2D eigenvalue weighted by Crippen LogP contribution is 2.41. The van der Waals surface area contributed by atoms with E-state index in [9.17, 15) is 9.59 Å². The van der Waals surface area contributed by atoms with Gasteiger partial charge in [0.2, 0.25) is 11.8 Å². The second-order valence-electron chi connectivity index (χ2n) is 4.75. The van der Waals surface area contributed by atoms with Crippen LogP contribution in [-0.2, 0) is 9.59 Å². The second-order valence-corrected chi connectivity index (χ2v) is 4.75. The quantitative estimate of drug-likeness (QED) is 0.588. The van der Waals surface area contributed by atoms with E-state index >= 15 is 0 Å². The Morgan fingerprint density at radius 1 is 1.00 bits per heavy atom. The molecule has 0 bridgehead atoms. The minimum atomic E-state index is -0.0833. The molecule has 1 saturated heterocycles. The predicted octanol–water partition coefficient (Wildman–Crippen LogP) is 1.56. The minimum absolute atomic E-state index is 0.0396. The van der Waals surface area contributed by atoms with Crippen molar-refractivity contribution in [1.29, 1.82) is 0 Å². The van der Waals surface area contributed by atoms with Crippen molar-refractivity contribution in [2.24, 2.45) is 11.8 Å². The summed E-state index contributed by atoms with van der Waals surface area (Å²) >= 11 is 0. The summed E-state index contributed by atoms with van der Waals surface area (Å²) in [5.41, 5.74) is 6.87. The second kappa shape index (κ2) is 3.58. The molecule has 0 radical (unpaired) electrons. The Hall–Kier alpha value is -1.84. The van der Waals surface area contributed by atoms with Gasteiger partial charge in [-0.05, 0) is 37.1 Å². The fourth-order valence-corrected chi connectivity index (χ4v) is 2.87. The molecule has 0 aromatic heterocycles. The maximum Gasteiger partial charge on any atom is 0.237 e. The van der Waals surface area contributed by atoms with Crippen molar-refractivity contribution in [3.63, 3.8) is 0 Å². The van der Waals surface area contributed by atoms with Gasteiger partial charge in [-0.25, -0.2) is 0 Å². The molecule has 88 valence electrons. The molecule has 2 atom stereocenters. The SMILES string of the molecule is Nc1ccc(N2C(=O)C3CCCC3C2=O)cc1. The molecule has 2 N–H and O–H groups in total. The molecule has 2 aliphatic rings. The molecule has 17 heavy (non-hydrogen) atoms. The number of carbonyl (C=O) groups is 2. The summed E-state index contributed by atoms with van der Waals surface area (Å²) in [6.45, 7) is 0. The van der Waals surface area contributed by atoms with Crippen LogP contribution in [0, 0.1) is 11.8 Å². The van der Waals surface area contributed by atoms with Gasteiger partial charge in [0.05, 0.1) is 17.5 Å². The van der Waals surface area contributed by atoms with Gasteiger partial charge in [0.25, 0.3) is 0 Å². The van der Waals surface area contributed by atoms with E-state index in [4.69, 9.17) is 5.73 Å². The zero-order valence-corrected chi connectivity index (χ0v) is 9.43. The Balaban J connectivity index is 1.96. The lowest BCUT2D eigenvalue weighted by atomic mass is 10.00. The molecule has 1 heterocycles. The lowest BCUT2D eigenvalue weighted by Gasteiger charge is -2.15. The number of fused-ring (bicyclic) bond motifs is 1. The lowest BCUT2D eigenvalue weighted by molar-refractivity contribution is -0.122. The molecule has 1 aliphatic heterocycles. The first-order valence-corrected chi connectivity index (χ1v) is 5.92. The van der Waals surface area contributed by atoms with Crippen LogP contribution in [0.25, 0.3) is 0 Å². The molecule has 1 aromatic carbocycles. The molecular formula is C13H14N2O2. The topological polar surface area (TPSA) is 63.4 Å². The molecule has 2 unspecified atom stereocenters. The lowest BCUT2D eigenvalue weighted by Crippen LogP contribution is -2.31. The van der Waals surface area contributed by atoms with E-state index in [1.54, 1.807) is 24.3 Å². The zero-order chi connectivity index (χ0) is 12.0. The first kappa shape index (κ1) is 10.3. The number of anilines is 2. The molecule has 4 nitrogen and oxygen atoms in total. The predicted molar refractivity (Wildman–Crippen MR) is 64.2 cm³/mol. The number of rotatable bonds is 1. The van der Waals surface area contributed by atoms with Crippen molar-refractivity contribution in [3.05, 3.63) is 24.3 Å². The van der Waals surface area contributed by atoms with Crippen LogP contribution < -0.4 is 10.6 Å². The Bertz CT molecular complexity index is 459. The summed E-state index contributed by atoms with van der Waals surface area (Å²) in [6.07, 6.45) is 2.68. The molecule has 4 heteroatoms. The Labute approximate surface area is 99.4 Å². The van der Waals surface area contributed by atoms with Crippen LogP contribution in [0.2, 0.25) is 0 Å². The number of benzene rings is 1. The van der Waals surface area contributed by atoms with Crippen LogP contribution in [0.5, 0.6) is 0 Å². The maximum absolute atomic E-state index is 12.2. The number of nitrogen functional groups attached to an aromatic ring is 1. The van der Waals surface area contributed by atoms with E-state index in [1.807, 2.05) is 0 Å². The van der Waals surface area contributed by atoms with Crippen molar-refractivity contribution < 1.29 is 9.59 Å². The molecule has 0 spiro atoms. The summed E-state index contributed by atoms with van der Waals surface area (Å²) in [7, 11) is 0. The maximum atomic E-state index is 12.2. The number of nitrogens with zero attached hydrogens (tertiary/aromatic N) is 1. The van der Waals surface area contributed by atoms with Crippen LogP contribution in [0.3, 0.4) is 0 Å². The largest absolute Gasteiger partial charge is 0.399 e.